The highest BCUT2D eigenvalue weighted by molar-refractivity contribution is 5.78. The predicted octanol–water partition coefficient (Wildman–Crippen LogP) is 2.38. The highest BCUT2D eigenvalue weighted by Crippen LogP contribution is 2.23. The van der Waals surface area contributed by atoms with Crippen molar-refractivity contribution in [2.45, 2.75) is 38.6 Å². The molecule has 2 N–H and O–H groups in total. The zero-order valence-corrected chi connectivity index (χ0v) is 12.7. The van der Waals surface area contributed by atoms with Gasteiger partial charge >= 0.3 is 0 Å². The van der Waals surface area contributed by atoms with E-state index in [1.165, 1.54) is 12.5 Å². The van der Waals surface area contributed by atoms with Gasteiger partial charge in [0, 0.05) is 37.2 Å². The lowest BCUT2D eigenvalue weighted by atomic mass is 9.89. The van der Waals surface area contributed by atoms with Gasteiger partial charge in [-0.05, 0) is 12.8 Å². The molecule has 1 fully saturated rings. The molecule has 2 rings (SSSR count). The first kappa shape index (κ1) is 16.4. The van der Waals surface area contributed by atoms with Crippen molar-refractivity contribution < 1.29 is 9.72 Å². The first-order chi connectivity index (χ1) is 10.7. The molecular formula is C16H23N3O3. The van der Waals surface area contributed by atoms with Crippen LogP contribution in [0.15, 0.2) is 24.3 Å². The Morgan fingerprint density at radius 1 is 1.18 bits per heavy atom. The third-order valence-corrected chi connectivity index (χ3v) is 4.08. The second-order valence-electron chi connectivity index (χ2n) is 5.69. The monoisotopic (exact) mass is 305 g/mol. The van der Waals surface area contributed by atoms with Crippen LogP contribution in [0.1, 0.15) is 37.7 Å². The Kier molecular flexibility index (Phi) is 6.33. The van der Waals surface area contributed by atoms with Gasteiger partial charge in [0.15, 0.2) is 0 Å². The van der Waals surface area contributed by atoms with Gasteiger partial charge in [0.05, 0.1) is 4.92 Å². The SMILES string of the molecule is O=C(NCCNCc1ccccc1[N+](=O)[O-])C1CCCCC1. The molecule has 1 aliphatic carbocycles. The highest BCUT2D eigenvalue weighted by atomic mass is 16.6. The van der Waals surface area contributed by atoms with E-state index in [0.717, 1.165) is 25.7 Å². The molecule has 6 nitrogen and oxygen atoms in total. The summed E-state index contributed by atoms with van der Waals surface area (Å²) < 4.78 is 0. The maximum absolute atomic E-state index is 11.9. The third-order valence-electron chi connectivity index (χ3n) is 4.08. The molecule has 0 aliphatic heterocycles. The van der Waals surface area contributed by atoms with Crippen LogP contribution in [-0.4, -0.2) is 23.9 Å². The van der Waals surface area contributed by atoms with Crippen LogP contribution in [0.5, 0.6) is 0 Å². The topological polar surface area (TPSA) is 84.3 Å². The van der Waals surface area contributed by atoms with E-state index in [2.05, 4.69) is 10.6 Å². The van der Waals surface area contributed by atoms with Crippen molar-refractivity contribution in [1.82, 2.24) is 10.6 Å². The number of benzene rings is 1. The van der Waals surface area contributed by atoms with Crippen LogP contribution < -0.4 is 10.6 Å². The van der Waals surface area contributed by atoms with Crippen LogP contribution in [0.2, 0.25) is 0 Å². The van der Waals surface area contributed by atoms with Gasteiger partial charge in [0.1, 0.15) is 0 Å². The van der Waals surface area contributed by atoms with E-state index in [1.807, 2.05) is 0 Å². The molecule has 0 bridgehead atoms. The molecule has 6 heteroatoms. The lowest BCUT2D eigenvalue weighted by molar-refractivity contribution is -0.385. The second kappa shape index (κ2) is 8.48. The van der Waals surface area contributed by atoms with Crippen LogP contribution in [0.4, 0.5) is 5.69 Å². The minimum absolute atomic E-state index is 0.126. The fourth-order valence-electron chi connectivity index (χ4n) is 2.84. The van der Waals surface area contributed by atoms with Crippen molar-refractivity contribution in [1.29, 1.82) is 0 Å². The van der Waals surface area contributed by atoms with Gasteiger partial charge in [-0.2, -0.15) is 0 Å². The Morgan fingerprint density at radius 2 is 1.91 bits per heavy atom. The van der Waals surface area contributed by atoms with Crippen LogP contribution in [0.3, 0.4) is 0 Å². The Labute approximate surface area is 130 Å². The van der Waals surface area contributed by atoms with Gasteiger partial charge in [-0.3, -0.25) is 14.9 Å². The molecule has 0 heterocycles. The molecule has 22 heavy (non-hydrogen) atoms. The molecule has 120 valence electrons. The minimum Gasteiger partial charge on any atom is -0.355 e. The van der Waals surface area contributed by atoms with Crippen molar-refractivity contribution in [2.75, 3.05) is 13.1 Å². The molecule has 0 radical (unpaired) electrons. The van der Waals surface area contributed by atoms with Crippen LogP contribution in [0.25, 0.3) is 0 Å². The van der Waals surface area contributed by atoms with E-state index in [0.29, 0.717) is 25.2 Å². The summed E-state index contributed by atoms with van der Waals surface area (Å²) in [6, 6.07) is 6.69. The summed E-state index contributed by atoms with van der Waals surface area (Å²) in [5.41, 5.74) is 0.785. The van der Waals surface area contributed by atoms with Gasteiger partial charge in [0.25, 0.3) is 5.69 Å². The Bertz CT molecular complexity index is 513. The number of carbonyl (C=O) groups is 1. The highest BCUT2D eigenvalue weighted by Gasteiger charge is 2.20. The average molecular weight is 305 g/mol. The number of hydrogen-bond donors (Lipinski definition) is 2. The maximum Gasteiger partial charge on any atom is 0.273 e. The van der Waals surface area contributed by atoms with Crippen molar-refractivity contribution in [3.8, 4) is 0 Å². The number of nitrogens with one attached hydrogen (secondary N) is 2. The van der Waals surface area contributed by atoms with Gasteiger partial charge in [-0.15, -0.1) is 0 Å². The normalized spacial score (nSPS) is 15.5. The summed E-state index contributed by atoms with van der Waals surface area (Å²) in [5.74, 6) is 0.316. The Morgan fingerprint density at radius 3 is 2.64 bits per heavy atom. The van der Waals surface area contributed by atoms with Crippen molar-refractivity contribution in [3.05, 3.63) is 39.9 Å². The molecule has 1 saturated carbocycles. The van der Waals surface area contributed by atoms with Crippen LogP contribution >= 0.6 is 0 Å². The summed E-state index contributed by atoms with van der Waals surface area (Å²) in [6.45, 7) is 1.58. The standard InChI is InChI=1S/C16H23N3O3/c20-16(13-6-2-1-3-7-13)18-11-10-17-12-14-8-4-5-9-15(14)19(21)22/h4-5,8-9,13,17H,1-3,6-7,10-12H2,(H,18,20). The van der Waals surface area contributed by atoms with Gasteiger partial charge in [-0.1, -0.05) is 37.5 Å². The zero-order chi connectivity index (χ0) is 15.8. The molecule has 0 atom stereocenters. The molecule has 1 aromatic rings. The van der Waals surface area contributed by atoms with E-state index < -0.39 is 0 Å². The molecule has 0 aromatic heterocycles. The Balaban J connectivity index is 1.67. The summed E-state index contributed by atoms with van der Waals surface area (Å²) in [6.07, 6.45) is 5.52. The number of nitro groups is 1. The third kappa shape index (κ3) is 4.80. The lowest BCUT2D eigenvalue weighted by Gasteiger charge is -2.20. The number of nitrogens with zero attached hydrogens (tertiary/aromatic N) is 1. The van der Waals surface area contributed by atoms with E-state index in [-0.39, 0.29) is 22.4 Å². The van der Waals surface area contributed by atoms with E-state index in [4.69, 9.17) is 0 Å². The fraction of sp³-hybridized carbons (Fsp3) is 0.562. The zero-order valence-electron chi connectivity index (χ0n) is 12.7. The van der Waals surface area contributed by atoms with Gasteiger partial charge in [0.2, 0.25) is 5.91 Å². The Hall–Kier alpha value is -1.95. The van der Waals surface area contributed by atoms with Crippen molar-refractivity contribution in [2.24, 2.45) is 5.92 Å². The maximum atomic E-state index is 11.9. The number of para-hydroxylation sites is 1. The van der Waals surface area contributed by atoms with Gasteiger partial charge in [-0.25, -0.2) is 0 Å². The van der Waals surface area contributed by atoms with Crippen LogP contribution in [0, 0.1) is 16.0 Å². The number of hydrogen-bond acceptors (Lipinski definition) is 4. The van der Waals surface area contributed by atoms with Crippen LogP contribution in [-0.2, 0) is 11.3 Å². The molecule has 1 aromatic carbocycles. The van der Waals surface area contributed by atoms with E-state index in [9.17, 15) is 14.9 Å². The van der Waals surface area contributed by atoms with Crippen molar-refractivity contribution in [3.63, 3.8) is 0 Å². The van der Waals surface area contributed by atoms with Crippen molar-refractivity contribution >= 4 is 11.6 Å². The number of nitro benzene ring substituents is 1. The smallest absolute Gasteiger partial charge is 0.273 e. The minimum atomic E-state index is -0.373. The second-order valence-corrected chi connectivity index (χ2v) is 5.69. The number of rotatable bonds is 7. The largest absolute Gasteiger partial charge is 0.355 e. The van der Waals surface area contributed by atoms with E-state index >= 15 is 0 Å². The molecule has 0 saturated heterocycles. The first-order valence-electron chi connectivity index (χ1n) is 7.89. The summed E-state index contributed by atoms with van der Waals surface area (Å²) >= 11 is 0. The quantitative estimate of drug-likeness (QED) is 0.460. The molecule has 1 amide bonds. The lowest BCUT2D eigenvalue weighted by Crippen LogP contribution is -2.36. The number of carbonyl (C=O) groups excluding carboxylic acids is 1. The molecule has 0 unspecified atom stereocenters. The summed E-state index contributed by atoms with van der Waals surface area (Å²) in [5, 5.41) is 17.0. The first-order valence-corrected chi connectivity index (χ1v) is 7.89. The summed E-state index contributed by atoms with van der Waals surface area (Å²) in [7, 11) is 0. The summed E-state index contributed by atoms with van der Waals surface area (Å²) in [4.78, 5) is 22.5. The van der Waals surface area contributed by atoms with E-state index in [1.54, 1.807) is 18.2 Å². The predicted molar refractivity (Wildman–Crippen MR) is 84.4 cm³/mol. The molecular weight excluding hydrogens is 282 g/mol. The average Bonchev–Trinajstić information content (AvgIpc) is 2.55. The fourth-order valence-corrected chi connectivity index (χ4v) is 2.84. The molecule has 1 aliphatic rings. The number of amides is 1. The molecule has 0 spiro atoms. The van der Waals surface area contributed by atoms with Gasteiger partial charge < -0.3 is 10.6 Å².